The smallest absolute Gasteiger partial charge is 0.408 e. The highest BCUT2D eigenvalue weighted by Gasteiger charge is 2.35. The third kappa shape index (κ3) is 12.2. The number of aromatic nitrogens is 2. The van der Waals surface area contributed by atoms with Gasteiger partial charge in [0.2, 0.25) is 0 Å². The van der Waals surface area contributed by atoms with Crippen LogP contribution in [0, 0.1) is 5.41 Å². The molecule has 3 saturated heterocycles. The zero-order valence-electron chi connectivity index (χ0n) is 41.7. The molecule has 0 bridgehead atoms. The van der Waals surface area contributed by atoms with Gasteiger partial charge < -0.3 is 38.8 Å². The van der Waals surface area contributed by atoms with E-state index in [1.807, 2.05) is 25.3 Å². The number of carbonyl (C=O) groups excluding carboxylic acids is 3. The van der Waals surface area contributed by atoms with Gasteiger partial charge in [-0.2, -0.15) is 0 Å². The number of ether oxygens (including phenoxy) is 4. The van der Waals surface area contributed by atoms with Gasteiger partial charge >= 0.3 is 18.0 Å². The van der Waals surface area contributed by atoms with E-state index in [-0.39, 0.29) is 37.7 Å². The molecule has 3 N–H and O–H groups in total. The summed E-state index contributed by atoms with van der Waals surface area (Å²) >= 11 is 0. The number of esters is 1. The second kappa shape index (κ2) is 21.6. The Hall–Kier alpha value is -5.62. The lowest BCUT2D eigenvalue weighted by Gasteiger charge is -2.44. The summed E-state index contributed by atoms with van der Waals surface area (Å²) in [6.07, 6.45) is 2.07. The van der Waals surface area contributed by atoms with E-state index < -0.39 is 47.7 Å². The first-order valence-corrected chi connectivity index (χ1v) is 24.1. The van der Waals surface area contributed by atoms with E-state index in [9.17, 15) is 28.7 Å². The summed E-state index contributed by atoms with van der Waals surface area (Å²) in [6, 6.07) is 12.0. The highest BCUT2D eigenvalue weighted by molar-refractivity contribution is 5.96. The molecule has 4 aromatic rings. The summed E-state index contributed by atoms with van der Waals surface area (Å²) in [5.41, 5.74) is 9.63. The van der Waals surface area contributed by atoms with Crippen LogP contribution in [-0.4, -0.2) is 132 Å². The van der Waals surface area contributed by atoms with Crippen molar-refractivity contribution < 1.29 is 47.6 Å². The van der Waals surface area contributed by atoms with Crippen LogP contribution in [0.25, 0.3) is 33.3 Å². The number of morpholine rings is 1. The number of rotatable bonds is 16. The third-order valence-electron chi connectivity index (χ3n) is 13.2. The van der Waals surface area contributed by atoms with Gasteiger partial charge in [0, 0.05) is 81.6 Å². The topological polar surface area (TPSA) is 177 Å². The Morgan fingerprint density at radius 3 is 2.48 bits per heavy atom. The third-order valence-corrected chi connectivity index (χ3v) is 13.2. The molecule has 5 heterocycles. The molecule has 4 atom stereocenters. The second-order valence-electron chi connectivity index (χ2n) is 20.4. The zero-order chi connectivity index (χ0) is 49.8. The number of anilines is 1. The molecular weight excluding hydrogens is 886 g/mol. The van der Waals surface area contributed by atoms with Crippen LogP contribution in [0.1, 0.15) is 96.7 Å². The van der Waals surface area contributed by atoms with Gasteiger partial charge in [0.25, 0.3) is 5.91 Å². The predicted molar refractivity (Wildman–Crippen MR) is 261 cm³/mol. The van der Waals surface area contributed by atoms with E-state index in [0.29, 0.717) is 49.1 Å². The highest BCUT2D eigenvalue weighted by Crippen LogP contribution is 2.43. The normalized spacial score (nSPS) is 18.9. The van der Waals surface area contributed by atoms with Gasteiger partial charge in [0.15, 0.2) is 0 Å². The van der Waals surface area contributed by atoms with Crippen molar-refractivity contribution in [3.8, 4) is 22.4 Å². The van der Waals surface area contributed by atoms with Crippen LogP contribution in [-0.2, 0) is 59.4 Å². The number of pyridine rings is 1. The van der Waals surface area contributed by atoms with Crippen molar-refractivity contribution >= 4 is 40.5 Å². The quantitative estimate of drug-likeness (QED) is 0.0960. The van der Waals surface area contributed by atoms with E-state index in [1.54, 1.807) is 40.0 Å². The van der Waals surface area contributed by atoms with Crippen LogP contribution in [0.2, 0.25) is 0 Å². The van der Waals surface area contributed by atoms with Crippen molar-refractivity contribution in [3.63, 3.8) is 0 Å². The van der Waals surface area contributed by atoms with E-state index in [2.05, 4.69) is 64.1 Å². The van der Waals surface area contributed by atoms with Gasteiger partial charge in [-0.05, 0) is 106 Å². The molecule has 16 nitrogen and oxygen atoms in total. The van der Waals surface area contributed by atoms with Crippen LogP contribution in [0.3, 0.4) is 0 Å². The first-order valence-electron chi connectivity index (χ1n) is 24.1. The molecule has 69 heavy (non-hydrogen) atoms. The van der Waals surface area contributed by atoms with Crippen LogP contribution in [0.4, 0.5) is 14.9 Å². The lowest BCUT2D eigenvalue weighted by Crippen LogP contribution is -2.60. The largest absolute Gasteiger partial charge is 0.480 e. The molecular formula is C52H70FN7O9. The molecule has 0 unspecified atom stereocenters. The number of piperazine rings is 1. The monoisotopic (exact) mass is 956 g/mol. The maximum atomic E-state index is 14.9. The number of halogens is 1. The highest BCUT2D eigenvalue weighted by atomic mass is 19.1. The maximum absolute atomic E-state index is 14.9. The fraction of sp³-hybridized carbons (Fsp3) is 0.558. The number of carboxylic acids is 1. The van der Waals surface area contributed by atoms with Gasteiger partial charge in [-0.3, -0.25) is 29.3 Å². The molecule has 0 saturated carbocycles. The minimum Gasteiger partial charge on any atom is -0.480 e. The number of methoxy groups -OCH3 is 1. The number of hydrazine groups is 1. The Bertz CT molecular complexity index is 2520. The fourth-order valence-corrected chi connectivity index (χ4v) is 9.81. The van der Waals surface area contributed by atoms with E-state index >= 15 is 0 Å². The molecule has 2 amide bonds. The number of benzene rings is 2. The number of nitrogens with one attached hydrogen (secondary N) is 2. The van der Waals surface area contributed by atoms with Crippen molar-refractivity contribution in [2.45, 2.75) is 124 Å². The standard InChI is InChI=1S/C52H70FN7O9/c1-10-59-45-14-13-36(37-21-34(20-35(22-37)27-53)23-44(55-50(65)69-51(4,5)6)48(62)60-15-11-12-43(56-60)49(63)64)24-40(45)42(26-52(7,8)31-68-33(3)61)47(59)41-25-38(28-54-46(41)32(2)66-9)58-17-16-57-18-19-67-30-39(57)29-58/h13-14,20-22,24-25,28,32,39,43-44,56H,10-12,15-19,23,26-27,29-31H2,1-9H3,(H,55,65)(H,63,64)/t32-,39-,43-,44-/m0/s1. The Balaban J connectivity index is 1.34. The summed E-state index contributed by atoms with van der Waals surface area (Å²) < 4.78 is 40.3. The molecule has 0 aliphatic carbocycles. The van der Waals surface area contributed by atoms with Gasteiger partial charge in [-0.15, -0.1) is 0 Å². The van der Waals surface area contributed by atoms with E-state index in [4.69, 9.17) is 23.9 Å². The molecule has 2 aromatic carbocycles. The summed E-state index contributed by atoms with van der Waals surface area (Å²) in [5.74, 6) is -1.98. The molecule has 17 heteroatoms. The van der Waals surface area contributed by atoms with Gasteiger partial charge in [-0.25, -0.2) is 14.6 Å². The number of nitrogens with zero attached hydrogens (tertiary/aromatic N) is 5. The van der Waals surface area contributed by atoms with Crippen molar-refractivity contribution in [2.24, 2.45) is 5.41 Å². The maximum Gasteiger partial charge on any atom is 0.408 e. The number of amides is 2. The second-order valence-corrected chi connectivity index (χ2v) is 20.4. The molecule has 3 fully saturated rings. The number of hydrogen-bond acceptors (Lipinski definition) is 12. The van der Waals surface area contributed by atoms with Crippen LogP contribution < -0.4 is 15.6 Å². The minimum absolute atomic E-state index is 0.0321. The molecule has 374 valence electrons. The van der Waals surface area contributed by atoms with Crippen LogP contribution >= 0.6 is 0 Å². The van der Waals surface area contributed by atoms with Crippen molar-refractivity contribution in [1.29, 1.82) is 0 Å². The average molecular weight is 956 g/mol. The molecule has 3 aliphatic heterocycles. The Labute approximate surface area is 404 Å². The Morgan fingerprint density at radius 2 is 1.78 bits per heavy atom. The molecule has 3 aliphatic rings. The van der Waals surface area contributed by atoms with Gasteiger partial charge in [0.1, 0.15) is 24.4 Å². The lowest BCUT2D eigenvalue weighted by atomic mass is 9.84. The molecule has 2 aromatic heterocycles. The number of carbonyl (C=O) groups is 4. The van der Waals surface area contributed by atoms with Gasteiger partial charge in [-0.1, -0.05) is 32.0 Å². The zero-order valence-corrected chi connectivity index (χ0v) is 41.7. The SMILES string of the molecule is CCn1c(-c2cc(N3CCN4CCOC[C@@H]4C3)cnc2[C@H](C)OC)c(CC(C)(C)COC(C)=O)c2cc(-c3cc(CF)cc(C[C@H](NC(=O)OC(C)(C)C)C(=O)N4CCC[C@@H](C(=O)O)N4)c3)ccc21. The number of alkyl carbamates (subject to hydrolysis) is 1. The Morgan fingerprint density at radius 1 is 1.01 bits per heavy atom. The number of alkyl halides is 1. The van der Waals surface area contributed by atoms with Crippen LogP contribution in [0.5, 0.6) is 0 Å². The number of hydrogen-bond donors (Lipinski definition) is 3. The number of carboxylic acid groups (broad SMARTS) is 1. The number of fused-ring (bicyclic) bond motifs is 2. The summed E-state index contributed by atoms with van der Waals surface area (Å²) in [7, 11) is 1.68. The summed E-state index contributed by atoms with van der Waals surface area (Å²) in [4.78, 5) is 61.5. The fourth-order valence-electron chi connectivity index (χ4n) is 9.81. The lowest BCUT2D eigenvalue weighted by molar-refractivity contribution is -0.148. The van der Waals surface area contributed by atoms with E-state index in [1.165, 1.54) is 11.9 Å². The van der Waals surface area contributed by atoms with Crippen LogP contribution in [0.15, 0.2) is 48.7 Å². The molecule has 0 spiro atoms. The Kier molecular flexibility index (Phi) is 16.0. The summed E-state index contributed by atoms with van der Waals surface area (Å²) in [5, 5.41) is 14.7. The van der Waals surface area contributed by atoms with E-state index in [0.717, 1.165) is 77.5 Å². The minimum atomic E-state index is -1.18. The molecule has 0 radical (unpaired) electrons. The summed E-state index contributed by atoms with van der Waals surface area (Å²) in [6.45, 7) is 20.1. The van der Waals surface area contributed by atoms with Gasteiger partial charge in [0.05, 0.1) is 55.2 Å². The number of aryl methyl sites for hydroxylation is 1. The average Bonchev–Trinajstić information content (AvgIpc) is 3.62. The van der Waals surface area contributed by atoms with Crippen molar-refractivity contribution in [3.05, 3.63) is 71.0 Å². The first-order chi connectivity index (χ1) is 32.8. The van der Waals surface area contributed by atoms with Crippen molar-refractivity contribution in [1.82, 2.24) is 30.2 Å². The molecule has 7 rings (SSSR count). The first kappa shape index (κ1) is 51.2. The predicted octanol–water partition coefficient (Wildman–Crippen LogP) is 7.24. The number of aliphatic carboxylic acids is 1. The van der Waals surface area contributed by atoms with Crippen molar-refractivity contribution in [2.75, 3.05) is 64.6 Å².